The molecule has 134 valence electrons. The Hall–Kier alpha value is -1.53. The van der Waals surface area contributed by atoms with E-state index >= 15 is 0 Å². The van der Waals surface area contributed by atoms with Crippen molar-refractivity contribution in [1.82, 2.24) is 15.5 Å². The van der Waals surface area contributed by atoms with Gasteiger partial charge >= 0.3 is 0 Å². The van der Waals surface area contributed by atoms with E-state index in [-0.39, 0.29) is 17.9 Å². The monoisotopic (exact) mass is 339 g/mol. The lowest BCUT2D eigenvalue weighted by atomic mass is 9.93. The van der Waals surface area contributed by atoms with Gasteiger partial charge < -0.3 is 10.6 Å². The van der Waals surface area contributed by atoms with Gasteiger partial charge in [-0.2, -0.15) is 0 Å². The second-order valence-corrected chi connectivity index (χ2v) is 6.79. The fourth-order valence-electron chi connectivity index (χ4n) is 3.17. The van der Waals surface area contributed by atoms with Crippen LogP contribution in [0.4, 0.5) is 8.78 Å². The largest absolute Gasteiger partial charge is 0.358 e. The summed E-state index contributed by atoms with van der Waals surface area (Å²) in [5.41, 5.74) is 0.775. The number of nitrogens with one attached hydrogen (secondary N) is 2. The van der Waals surface area contributed by atoms with Gasteiger partial charge in [0.1, 0.15) is 0 Å². The van der Waals surface area contributed by atoms with Crippen molar-refractivity contribution in [2.75, 3.05) is 26.7 Å². The fourth-order valence-corrected chi connectivity index (χ4v) is 3.17. The highest BCUT2D eigenvalue weighted by atomic mass is 19.2. The summed E-state index contributed by atoms with van der Waals surface area (Å²) in [6.45, 7) is 6.28. The summed E-state index contributed by atoms with van der Waals surface area (Å²) in [7, 11) is 1.64. The molecule has 1 fully saturated rings. The molecule has 1 amide bonds. The SMILES string of the molecule is CNC(=O)CN1CCC(NC(c2ccc(F)c(F)c2)C(C)C)CC1. The number of rotatable bonds is 6. The van der Waals surface area contributed by atoms with Crippen molar-refractivity contribution in [3.8, 4) is 0 Å². The third-order valence-electron chi connectivity index (χ3n) is 4.62. The van der Waals surface area contributed by atoms with Crippen LogP contribution in [0.2, 0.25) is 0 Å². The molecular weight excluding hydrogens is 312 g/mol. The Kier molecular flexibility index (Phi) is 6.69. The number of hydrogen-bond acceptors (Lipinski definition) is 3. The standard InChI is InChI=1S/C18H27F2N3O/c1-12(2)18(13-4-5-15(19)16(20)10-13)22-14-6-8-23(9-7-14)11-17(24)21-3/h4-5,10,12,14,18,22H,6-9,11H2,1-3H3,(H,21,24). The molecule has 0 spiro atoms. The first-order valence-electron chi connectivity index (χ1n) is 8.54. The van der Waals surface area contributed by atoms with E-state index in [1.807, 2.05) is 0 Å². The van der Waals surface area contributed by atoms with Crippen molar-refractivity contribution in [2.24, 2.45) is 5.92 Å². The summed E-state index contributed by atoms with van der Waals surface area (Å²) in [4.78, 5) is 13.6. The van der Waals surface area contributed by atoms with Gasteiger partial charge in [-0.25, -0.2) is 8.78 Å². The van der Waals surface area contributed by atoms with Gasteiger partial charge in [0.25, 0.3) is 0 Å². The van der Waals surface area contributed by atoms with Crippen LogP contribution < -0.4 is 10.6 Å². The van der Waals surface area contributed by atoms with Crippen molar-refractivity contribution >= 4 is 5.91 Å². The molecular formula is C18H27F2N3O. The van der Waals surface area contributed by atoms with Crippen LogP contribution >= 0.6 is 0 Å². The maximum Gasteiger partial charge on any atom is 0.233 e. The number of hydrogen-bond donors (Lipinski definition) is 2. The highest BCUT2D eigenvalue weighted by Gasteiger charge is 2.25. The van der Waals surface area contributed by atoms with E-state index in [9.17, 15) is 13.6 Å². The van der Waals surface area contributed by atoms with Crippen LogP contribution in [0.5, 0.6) is 0 Å². The number of benzene rings is 1. The van der Waals surface area contributed by atoms with Crippen molar-refractivity contribution < 1.29 is 13.6 Å². The smallest absolute Gasteiger partial charge is 0.233 e. The van der Waals surface area contributed by atoms with E-state index in [4.69, 9.17) is 0 Å². The van der Waals surface area contributed by atoms with Crippen molar-refractivity contribution in [3.05, 3.63) is 35.4 Å². The highest BCUT2D eigenvalue weighted by Crippen LogP contribution is 2.25. The van der Waals surface area contributed by atoms with Gasteiger partial charge in [-0.15, -0.1) is 0 Å². The highest BCUT2D eigenvalue weighted by molar-refractivity contribution is 5.77. The molecule has 1 aliphatic heterocycles. The summed E-state index contributed by atoms with van der Waals surface area (Å²) in [5, 5.41) is 6.23. The van der Waals surface area contributed by atoms with Gasteiger partial charge in [0, 0.05) is 32.2 Å². The van der Waals surface area contributed by atoms with Crippen molar-refractivity contribution in [2.45, 2.75) is 38.8 Å². The summed E-state index contributed by atoms with van der Waals surface area (Å²) < 4.78 is 26.7. The first-order valence-corrected chi connectivity index (χ1v) is 8.54. The molecule has 0 saturated carbocycles. The van der Waals surface area contributed by atoms with Gasteiger partial charge in [0.15, 0.2) is 11.6 Å². The molecule has 0 radical (unpaired) electrons. The lowest BCUT2D eigenvalue weighted by Crippen LogP contribution is -2.47. The Balaban J connectivity index is 1.95. The quantitative estimate of drug-likeness (QED) is 0.837. The summed E-state index contributed by atoms with van der Waals surface area (Å²) in [6, 6.07) is 4.42. The van der Waals surface area contributed by atoms with Crippen LogP contribution in [0.15, 0.2) is 18.2 Å². The molecule has 1 atom stereocenters. The molecule has 0 aromatic heterocycles. The average Bonchev–Trinajstić information content (AvgIpc) is 2.56. The molecule has 1 unspecified atom stereocenters. The second kappa shape index (κ2) is 8.53. The fraction of sp³-hybridized carbons (Fsp3) is 0.611. The number of amides is 1. The first-order chi connectivity index (χ1) is 11.4. The van der Waals surface area contributed by atoms with Crippen LogP contribution in [-0.4, -0.2) is 43.5 Å². The summed E-state index contributed by atoms with van der Waals surface area (Å²) in [6.07, 6.45) is 1.87. The zero-order chi connectivity index (χ0) is 17.7. The number of carbonyl (C=O) groups is 1. The maximum absolute atomic E-state index is 13.5. The van der Waals surface area contributed by atoms with Crippen LogP contribution in [-0.2, 0) is 4.79 Å². The minimum absolute atomic E-state index is 0.0180. The van der Waals surface area contributed by atoms with E-state index < -0.39 is 11.6 Å². The van der Waals surface area contributed by atoms with Crippen LogP contribution in [0.3, 0.4) is 0 Å². The van der Waals surface area contributed by atoms with Crippen molar-refractivity contribution in [1.29, 1.82) is 0 Å². The van der Waals surface area contributed by atoms with Gasteiger partial charge in [0.05, 0.1) is 6.54 Å². The molecule has 2 N–H and O–H groups in total. The molecule has 6 heteroatoms. The minimum Gasteiger partial charge on any atom is -0.358 e. The summed E-state index contributed by atoms with van der Waals surface area (Å²) in [5.74, 6) is -1.33. The molecule has 2 rings (SSSR count). The van der Waals surface area contributed by atoms with E-state index in [0.29, 0.717) is 12.6 Å². The van der Waals surface area contributed by atoms with Gasteiger partial charge in [0.2, 0.25) is 5.91 Å². The lowest BCUT2D eigenvalue weighted by molar-refractivity contribution is -0.122. The Morgan fingerprint density at radius 2 is 1.92 bits per heavy atom. The second-order valence-electron chi connectivity index (χ2n) is 6.79. The van der Waals surface area contributed by atoms with Crippen molar-refractivity contribution in [3.63, 3.8) is 0 Å². The normalized spacial score (nSPS) is 17.9. The average molecular weight is 339 g/mol. The molecule has 0 bridgehead atoms. The zero-order valence-corrected chi connectivity index (χ0v) is 14.6. The Morgan fingerprint density at radius 1 is 1.25 bits per heavy atom. The lowest BCUT2D eigenvalue weighted by Gasteiger charge is -2.35. The third-order valence-corrected chi connectivity index (χ3v) is 4.62. The Bertz CT molecular complexity index is 557. The molecule has 1 aliphatic rings. The third kappa shape index (κ3) is 4.98. The van der Waals surface area contributed by atoms with E-state index in [1.165, 1.54) is 12.1 Å². The Morgan fingerprint density at radius 3 is 2.46 bits per heavy atom. The molecule has 1 aromatic rings. The van der Waals surface area contributed by atoms with E-state index in [2.05, 4.69) is 29.4 Å². The number of halogens is 2. The number of piperidine rings is 1. The topological polar surface area (TPSA) is 44.4 Å². The number of carbonyl (C=O) groups excluding carboxylic acids is 1. The van der Waals surface area contributed by atoms with Gasteiger partial charge in [-0.1, -0.05) is 19.9 Å². The van der Waals surface area contributed by atoms with Gasteiger partial charge in [-0.05, 0) is 36.5 Å². The first kappa shape index (κ1) is 18.8. The molecule has 1 aromatic carbocycles. The summed E-state index contributed by atoms with van der Waals surface area (Å²) >= 11 is 0. The number of likely N-dealkylation sites (tertiary alicyclic amines) is 1. The van der Waals surface area contributed by atoms with Crippen LogP contribution in [0, 0.1) is 17.6 Å². The Labute approximate surface area is 142 Å². The molecule has 4 nitrogen and oxygen atoms in total. The molecule has 1 heterocycles. The minimum atomic E-state index is -0.816. The number of nitrogens with zero attached hydrogens (tertiary/aromatic N) is 1. The predicted molar refractivity (Wildman–Crippen MR) is 90.6 cm³/mol. The zero-order valence-electron chi connectivity index (χ0n) is 14.6. The van der Waals surface area contributed by atoms with Crippen LogP contribution in [0.1, 0.15) is 38.3 Å². The van der Waals surface area contributed by atoms with E-state index in [1.54, 1.807) is 13.1 Å². The van der Waals surface area contributed by atoms with Gasteiger partial charge in [-0.3, -0.25) is 9.69 Å². The maximum atomic E-state index is 13.5. The molecule has 24 heavy (non-hydrogen) atoms. The number of likely N-dealkylation sites (N-methyl/N-ethyl adjacent to an activating group) is 1. The molecule has 0 aliphatic carbocycles. The predicted octanol–water partition coefficient (Wildman–Crippen LogP) is 2.46. The van der Waals surface area contributed by atoms with E-state index in [0.717, 1.165) is 31.5 Å². The van der Waals surface area contributed by atoms with Crippen LogP contribution in [0.25, 0.3) is 0 Å². The molecule has 1 saturated heterocycles.